The molecular weight excluding hydrogens is 444 g/mol. The van der Waals surface area contributed by atoms with Crippen LogP contribution >= 0.6 is 15.9 Å². The second kappa shape index (κ2) is 8.93. The van der Waals surface area contributed by atoms with Crippen molar-refractivity contribution >= 4 is 45.3 Å². The fourth-order valence-electron chi connectivity index (χ4n) is 2.74. The Morgan fingerprint density at radius 2 is 1.93 bits per heavy atom. The van der Waals surface area contributed by atoms with Crippen LogP contribution in [0.4, 0.5) is 5.69 Å². The maximum absolute atomic E-state index is 12.6. The number of nitrogens with one attached hydrogen (secondary N) is 2. The number of aromatic nitrogens is 1. The number of hydrazine groups is 1. The first kappa shape index (κ1) is 20.6. The molecule has 150 valence electrons. The van der Waals surface area contributed by atoms with Gasteiger partial charge in [-0.15, -0.1) is 0 Å². The Kier molecular flexibility index (Phi) is 6.35. The highest BCUT2D eigenvalue weighted by Crippen LogP contribution is 2.23. The van der Waals surface area contributed by atoms with Crippen LogP contribution in [-0.4, -0.2) is 41.3 Å². The highest BCUT2D eigenvalue weighted by Gasteiger charge is 2.39. The molecule has 1 aliphatic rings. The van der Waals surface area contributed by atoms with Crippen molar-refractivity contribution in [2.75, 3.05) is 11.5 Å². The fraction of sp³-hybridized carbons (Fsp3) is 0.211. The second-order valence-electron chi connectivity index (χ2n) is 6.08. The Morgan fingerprint density at radius 1 is 1.21 bits per heavy atom. The topological polar surface area (TPSA) is 118 Å². The smallest absolute Gasteiger partial charge is 0.338 e. The number of rotatable bonds is 6. The molecule has 1 saturated heterocycles. The van der Waals surface area contributed by atoms with Gasteiger partial charge in [-0.3, -0.25) is 24.8 Å². The van der Waals surface area contributed by atoms with Gasteiger partial charge in [-0.2, -0.15) is 0 Å². The minimum atomic E-state index is -0.906. The third-order valence-corrected chi connectivity index (χ3v) is 4.54. The van der Waals surface area contributed by atoms with Gasteiger partial charge >= 0.3 is 5.97 Å². The zero-order chi connectivity index (χ0) is 21.0. The number of ether oxygens (including phenoxy) is 1. The van der Waals surface area contributed by atoms with E-state index in [1.165, 1.54) is 36.7 Å². The van der Waals surface area contributed by atoms with Gasteiger partial charge in [0.1, 0.15) is 6.04 Å². The lowest BCUT2D eigenvalue weighted by Gasteiger charge is -2.16. The minimum Gasteiger partial charge on any atom is -0.462 e. The molecule has 0 bridgehead atoms. The quantitative estimate of drug-likeness (QED) is 0.381. The molecule has 0 spiro atoms. The van der Waals surface area contributed by atoms with Crippen molar-refractivity contribution in [2.45, 2.75) is 19.4 Å². The maximum atomic E-state index is 12.6. The number of hydrogen-bond acceptors (Lipinski definition) is 7. The summed E-state index contributed by atoms with van der Waals surface area (Å²) < 4.78 is 5.54. The molecule has 1 atom stereocenters. The number of esters is 1. The average Bonchev–Trinajstić information content (AvgIpc) is 2.99. The Bertz CT molecular complexity index is 963. The average molecular weight is 461 g/mol. The summed E-state index contributed by atoms with van der Waals surface area (Å²) in [4.78, 5) is 53.7. The summed E-state index contributed by atoms with van der Waals surface area (Å²) in [5.74, 6) is -1.90. The maximum Gasteiger partial charge on any atom is 0.338 e. The molecule has 1 fully saturated rings. The van der Waals surface area contributed by atoms with Crippen LogP contribution in [0.3, 0.4) is 0 Å². The van der Waals surface area contributed by atoms with E-state index in [-0.39, 0.29) is 18.6 Å². The van der Waals surface area contributed by atoms with Crippen LogP contribution in [0, 0.1) is 0 Å². The molecule has 0 aliphatic carbocycles. The highest BCUT2D eigenvalue weighted by atomic mass is 79.9. The lowest BCUT2D eigenvalue weighted by molar-refractivity contribution is -0.121. The molecular formula is C19H17BrN4O5. The lowest BCUT2D eigenvalue weighted by atomic mass is 10.2. The molecule has 3 rings (SSSR count). The van der Waals surface area contributed by atoms with Crippen LogP contribution in [0.1, 0.15) is 34.1 Å². The second-order valence-corrected chi connectivity index (χ2v) is 7.00. The molecule has 1 aromatic carbocycles. The molecule has 0 saturated carbocycles. The third kappa shape index (κ3) is 4.66. The van der Waals surface area contributed by atoms with Gasteiger partial charge in [0.05, 0.1) is 29.8 Å². The minimum absolute atomic E-state index is 0.116. The van der Waals surface area contributed by atoms with E-state index in [9.17, 15) is 19.2 Å². The van der Waals surface area contributed by atoms with Gasteiger partial charge in [0.25, 0.3) is 11.8 Å². The Morgan fingerprint density at radius 3 is 2.59 bits per heavy atom. The first-order valence-corrected chi connectivity index (χ1v) is 9.50. The van der Waals surface area contributed by atoms with E-state index in [1.807, 2.05) is 0 Å². The first-order chi connectivity index (χ1) is 13.9. The number of halogens is 1. The normalized spacial score (nSPS) is 16.1. The van der Waals surface area contributed by atoms with Gasteiger partial charge in [0.15, 0.2) is 0 Å². The number of pyridine rings is 1. The van der Waals surface area contributed by atoms with Crippen LogP contribution < -0.4 is 15.8 Å². The molecule has 1 aromatic heterocycles. The van der Waals surface area contributed by atoms with Crippen LogP contribution in [0.2, 0.25) is 0 Å². The summed E-state index contributed by atoms with van der Waals surface area (Å²) in [6, 6.07) is 6.62. The monoisotopic (exact) mass is 460 g/mol. The molecule has 3 amide bonds. The van der Waals surface area contributed by atoms with Crippen molar-refractivity contribution in [3.05, 3.63) is 58.3 Å². The van der Waals surface area contributed by atoms with E-state index >= 15 is 0 Å². The number of carbonyl (C=O) groups is 4. The van der Waals surface area contributed by atoms with Crippen molar-refractivity contribution in [3.63, 3.8) is 0 Å². The molecule has 0 unspecified atom stereocenters. The number of hydrogen-bond donors (Lipinski definition) is 2. The highest BCUT2D eigenvalue weighted by molar-refractivity contribution is 9.10. The van der Waals surface area contributed by atoms with E-state index < -0.39 is 29.7 Å². The summed E-state index contributed by atoms with van der Waals surface area (Å²) in [7, 11) is 0. The molecule has 9 nitrogen and oxygen atoms in total. The van der Waals surface area contributed by atoms with Gasteiger partial charge in [-0.25, -0.2) is 15.1 Å². The standard InChI is InChI=1S/C19H17BrN4O5/c1-2-29-19(28)11-3-5-14(6-4-11)24-16(25)8-15(18(24)27)22-23-17(26)12-7-13(20)10-21-9-12/h3-7,9-10,15,22H,2,8H2,1H3,(H,23,26)/t15-/m1/s1. The number of imide groups is 1. The van der Waals surface area contributed by atoms with E-state index in [4.69, 9.17) is 4.74 Å². The Labute approximate surface area is 174 Å². The van der Waals surface area contributed by atoms with Gasteiger partial charge in [0.2, 0.25) is 5.91 Å². The summed E-state index contributed by atoms with van der Waals surface area (Å²) in [5, 5.41) is 0. The SMILES string of the molecule is CCOC(=O)c1ccc(N2C(=O)C[C@@H](NNC(=O)c3cncc(Br)c3)C2=O)cc1. The Hall–Kier alpha value is -3.11. The number of nitrogens with zero attached hydrogens (tertiary/aromatic N) is 2. The van der Waals surface area contributed by atoms with Crippen LogP contribution in [0.5, 0.6) is 0 Å². The van der Waals surface area contributed by atoms with Gasteiger partial charge in [-0.05, 0) is 53.2 Å². The van der Waals surface area contributed by atoms with Crippen molar-refractivity contribution in [3.8, 4) is 0 Å². The van der Waals surface area contributed by atoms with Gasteiger partial charge in [0, 0.05) is 16.9 Å². The predicted octanol–water partition coefficient (Wildman–Crippen LogP) is 1.59. The predicted molar refractivity (Wildman–Crippen MR) is 106 cm³/mol. The van der Waals surface area contributed by atoms with E-state index in [0.29, 0.717) is 15.7 Å². The fourth-order valence-corrected chi connectivity index (χ4v) is 3.10. The third-order valence-electron chi connectivity index (χ3n) is 4.11. The summed E-state index contributed by atoms with van der Waals surface area (Å²) >= 11 is 3.22. The number of amides is 3. The largest absolute Gasteiger partial charge is 0.462 e. The zero-order valence-electron chi connectivity index (χ0n) is 15.3. The number of benzene rings is 1. The molecule has 2 heterocycles. The first-order valence-electron chi connectivity index (χ1n) is 8.71. The van der Waals surface area contributed by atoms with Crippen LogP contribution in [0.25, 0.3) is 0 Å². The van der Waals surface area contributed by atoms with Crippen molar-refractivity contribution in [2.24, 2.45) is 0 Å². The van der Waals surface area contributed by atoms with E-state index in [1.54, 1.807) is 13.0 Å². The summed E-state index contributed by atoms with van der Waals surface area (Å²) in [5.41, 5.74) is 5.95. The van der Waals surface area contributed by atoms with Crippen LogP contribution in [-0.2, 0) is 14.3 Å². The molecule has 2 aromatic rings. The number of carbonyl (C=O) groups excluding carboxylic acids is 4. The van der Waals surface area contributed by atoms with Gasteiger partial charge < -0.3 is 4.74 Å². The molecule has 0 radical (unpaired) electrons. The summed E-state index contributed by atoms with van der Waals surface area (Å²) in [6.07, 6.45) is 2.80. The molecule has 2 N–H and O–H groups in total. The molecule has 29 heavy (non-hydrogen) atoms. The number of anilines is 1. The molecule has 1 aliphatic heterocycles. The van der Waals surface area contributed by atoms with Crippen molar-refractivity contribution < 1.29 is 23.9 Å². The van der Waals surface area contributed by atoms with Crippen molar-refractivity contribution in [1.29, 1.82) is 0 Å². The molecule has 10 heteroatoms. The van der Waals surface area contributed by atoms with Gasteiger partial charge in [-0.1, -0.05) is 0 Å². The van der Waals surface area contributed by atoms with E-state index in [0.717, 1.165) is 4.90 Å². The summed E-state index contributed by atoms with van der Waals surface area (Å²) in [6.45, 7) is 1.95. The Balaban J connectivity index is 1.65. The van der Waals surface area contributed by atoms with E-state index in [2.05, 4.69) is 31.8 Å². The van der Waals surface area contributed by atoms with Crippen LogP contribution in [0.15, 0.2) is 47.2 Å². The van der Waals surface area contributed by atoms with Crippen molar-refractivity contribution in [1.82, 2.24) is 15.8 Å². The zero-order valence-corrected chi connectivity index (χ0v) is 16.9. The lowest BCUT2D eigenvalue weighted by Crippen LogP contribution is -2.48.